The highest BCUT2D eigenvalue weighted by Crippen LogP contribution is 2.16. The van der Waals surface area contributed by atoms with E-state index in [1.165, 1.54) is 141 Å². The van der Waals surface area contributed by atoms with Gasteiger partial charge < -0.3 is 14.2 Å². The summed E-state index contributed by atoms with van der Waals surface area (Å²) in [5.41, 5.74) is 0. The van der Waals surface area contributed by atoms with Gasteiger partial charge in [0.1, 0.15) is 13.2 Å². The van der Waals surface area contributed by atoms with Gasteiger partial charge >= 0.3 is 17.9 Å². The van der Waals surface area contributed by atoms with Crippen LogP contribution < -0.4 is 0 Å². The summed E-state index contributed by atoms with van der Waals surface area (Å²) in [6, 6.07) is 0. The van der Waals surface area contributed by atoms with Crippen LogP contribution in [0, 0.1) is 0 Å². The fraction of sp³-hybridized carbons (Fsp3) is 0.712. The van der Waals surface area contributed by atoms with E-state index in [2.05, 4.69) is 130 Å². The van der Waals surface area contributed by atoms with Crippen LogP contribution in [0.15, 0.2) is 109 Å². The molecular formula is C73H124O6. The summed E-state index contributed by atoms with van der Waals surface area (Å²) in [5, 5.41) is 0. The van der Waals surface area contributed by atoms with Crippen molar-refractivity contribution in [2.45, 2.75) is 322 Å². The lowest BCUT2D eigenvalue weighted by molar-refractivity contribution is -0.167. The zero-order valence-electron chi connectivity index (χ0n) is 51.9. The number of esters is 3. The molecule has 0 aromatic carbocycles. The largest absolute Gasteiger partial charge is 0.462 e. The Balaban J connectivity index is 4.34. The Morgan fingerprint density at radius 3 is 0.823 bits per heavy atom. The first-order valence-electron chi connectivity index (χ1n) is 33.4. The Hall–Kier alpha value is -3.93. The molecule has 452 valence electrons. The maximum absolute atomic E-state index is 12.9. The van der Waals surface area contributed by atoms with Crippen LogP contribution in [0.5, 0.6) is 0 Å². The van der Waals surface area contributed by atoms with Crippen molar-refractivity contribution in [3.05, 3.63) is 109 Å². The average Bonchev–Trinajstić information content (AvgIpc) is 3.45. The molecule has 0 N–H and O–H groups in total. The first-order valence-corrected chi connectivity index (χ1v) is 33.4. The summed E-state index contributed by atoms with van der Waals surface area (Å²) < 4.78 is 16.9. The molecule has 0 saturated heterocycles. The van der Waals surface area contributed by atoms with Gasteiger partial charge in [-0.3, -0.25) is 14.4 Å². The highest BCUT2D eigenvalue weighted by molar-refractivity contribution is 5.71. The van der Waals surface area contributed by atoms with Crippen LogP contribution in [-0.4, -0.2) is 37.2 Å². The normalized spacial score (nSPS) is 12.8. The van der Waals surface area contributed by atoms with Gasteiger partial charge in [-0.15, -0.1) is 0 Å². The van der Waals surface area contributed by atoms with Crippen LogP contribution in [-0.2, 0) is 28.6 Å². The molecule has 0 saturated carbocycles. The molecule has 1 unspecified atom stereocenters. The van der Waals surface area contributed by atoms with Gasteiger partial charge in [0.15, 0.2) is 6.10 Å². The summed E-state index contributed by atoms with van der Waals surface area (Å²) in [6.07, 6.45) is 91.0. The van der Waals surface area contributed by atoms with E-state index in [1.807, 2.05) is 0 Å². The summed E-state index contributed by atoms with van der Waals surface area (Å²) in [7, 11) is 0. The van der Waals surface area contributed by atoms with Gasteiger partial charge in [-0.1, -0.05) is 284 Å². The van der Waals surface area contributed by atoms with Gasteiger partial charge in [0.2, 0.25) is 0 Å². The van der Waals surface area contributed by atoms with E-state index in [9.17, 15) is 14.4 Å². The van der Waals surface area contributed by atoms with E-state index in [1.54, 1.807) is 0 Å². The molecule has 79 heavy (non-hydrogen) atoms. The SMILES string of the molecule is CC/C=C\C/C=C\C/C=C\C/C=C\C/C=C\CCCCCCCCCCCC(=O)OCC(COC(=O)CCCCCCC/C=C\C/C=C\CCC)OC(=O)CCCCCCCCCCCCC/C=C\C/C=C\CCCCCCC. The standard InChI is InChI=1S/C73H124O6/c1-4-7-10-13-16-19-22-25-27-29-31-33-35-36-38-39-41-43-45-48-51-54-57-60-63-66-72(75)78-69-70(68-77-71(74)65-62-59-56-53-50-47-24-21-18-15-12-9-6-3)79-73(76)67-64-61-58-55-52-49-46-44-42-40-37-34-32-30-28-26-23-20-17-14-11-8-5-2/h7,10,12,15-16,19,21,23-27,30-33,36,38,70H,4-6,8-9,11,13-14,17-18,20,22,28-29,34-35,37,39-69H2,1-3H3/b10-7-,15-12-,19-16-,24-21-,26-23-,27-25-,32-30-,33-31-,38-36-. The van der Waals surface area contributed by atoms with Crippen LogP contribution in [0.1, 0.15) is 316 Å². The number of hydrogen-bond acceptors (Lipinski definition) is 6. The molecule has 0 aliphatic carbocycles. The van der Waals surface area contributed by atoms with E-state index in [4.69, 9.17) is 14.2 Å². The van der Waals surface area contributed by atoms with Crippen molar-refractivity contribution in [1.29, 1.82) is 0 Å². The second-order valence-corrected chi connectivity index (χ2v) is 22.0. The monoisotopic (exact) mass is 1100 g/mol. The van der Waals surface area contributed by atoms with E-state index < -0.39 is 6.10 Å². The Kier molecular flexibility index (Phi) is 63.3. The van der Waals surface area contributed by atoms with Crippen LogP contribution in [0.3, 0.4) is 0 Å². The lowest BCUT2D eigenvalue weighted by Crippen LogP contribution is -2.30. The first-order chi connectivity index (χ1) is 39.0. The molecule has 0 amide bonds. The molecule has 0 aromatic rings. The van der Waals surface area contributed by atoms with Crippen LogP contribution in [0.25, 0.3) is 0 Å². The van der Waals surface area contributed by atoms with Crippen molar-refractivity contribution in [1.82, 2.24) is 0 Å². The lowest BCUT2D eigenvalue weighted by atomic mass is 10.0. The minimum Gasteiger partial charge on any atom is -0.462 e. The highest BCUT2D eigenvalue weighted by Gasteiger charge is 2.19. The summed E-state index contributed by atoms with van der Waals surface area (Å²) in [4.78, 5) is 38.4. The average molecular weight is 1100 g/mol. The van der Waals surface area contributed by atoms with E-state index in [0.717, 1.165) is 135 Å². The second-order valence-electron chi connectivity index (χ2n) is 22.0. The van der Waals surface area contributed by atoms with Gasteiger partial charge in [-0.25, -0.2) is 0 Å². The zero-order chi connectivity index (χ0) is 57.1. The van der Waals surface area contributed by atoms with E-state index in [-0.39, 0.29) is 31.1 Å². The quantitative estimate of drug-likeness (QED) is 0.0261. The van der Waals surface area contributed by atoms with Crippen molar-refractivity contribution in [3.8, 4) is 0 Å². The van der Waals surface area contributed by atoms with Gasteiger partial charge in [-0.2, -0.15) is 0 Å². The van der Waals surface area contributed by atoms with Crippen molar-refractivity contribution in [2.75, 3.05) is 13.2 Å². The van der Waals surface area contributed by atoms with Gasteiger partial charge in [0.25, 0.3) is 0 Å². The minimum absolute atomic E-state index is 0.0866. The molecule has 1 atom stereocenters. The van der Waals surface area contributed by atoms with Crippen molar-refractivity contribution in [3.63, 3.8) is 0 Å². The molecule has 0 radical (unpaired) electrons. The zero-order valence-corrected chi connectivity index (χ0v) is 51.9. The molecule has 0 aromatic heterocycles. The maximum Gasteiger partial charge on any atom is 0.306 e. The van der Waals surface area contributed by atoms with Crippen LogP contribution in [0.4, 0.5) is 0 Å². The maximum atomic E-state index is 12.9. The Morgan fingerprint density at radius 2 is 0.519 bits per heavy atom. The van der Waals surface area contributed by atoms with Gasteiger partial charge in [-0.05, 0) is 122 Å². The Bertz CT molecular complexity index is 1590. The second kappa shape index (κ2) is 66.6. The molecule has 6 heteroatoms. The van der Waals surface area contributed by atoms with Crippen molar-refractivity contribution in [2.24, 2.45) is 0 Å². The van der Waals surface area contributed by atoms with Crippen molar-refractivity contribution >= 4 is 17.9 Å². The highest BCUT2D eigenvalue weighted by atomic mass is 16.6. The predicted octanol–water partition coefficient (Wildman–Crippen LogP) is 23.0. The summed E-state index contributed by atoms with van der Waals surface area (Å²) in [5.74, 6) is -0.899. The smallest absolute Gasteiger partial charge is 0.306 e. The van der Waals surface area contributed by atoms with Crippen LogP contribution in [0.2, 0.25) is 0 Å². The van der Waals surface area contributed by atoms with Gasteiger partial charge in [0.05, 0.1) is 0 Å². The number of carbonyl (C=O) groups is 3. The Labute approximate surface area is 489 Å². The predicted molar refractivity (Wildman–Crippen MR) is 343 cm³/mol. The summed E-state index contributed by atoms with van der Waals surface area (Å²) in [6.45, 7) is 6.46. The number of ether oxygens (including phenoxy) is 3. The fourth-order valence-electron chi connectivity index (χ4n) is 9.24. The molecule has 6 nitrogen and oxygen atoms in total. The number of carbonyl (C=O) groups excluding carboxylic acids is 3. The minimum atomic E-state index is -0.791. The number of unbranched alkanes of at least 4 members (excludes halogenated alkanes) is 31. The molecule has 0 heterocycles. The number of hydrogen-bond donors (Lipinski definition) is 0. The number of rotatable bonds is 60. The van der Waals surface area contributed by atoms with Gasteiger partial charge in [0, 0.05) is 19.3 Å². The molecule has 0 rings (SSSR count). The lowest BCUT2D eigenvalue weighted by Gasteiger charge is -2.18. The summed E-state index contributed by atoms with van der Waals surface area (Å²) >= 11 is 0. The molecule has 0 aliphatic heterocycles. The molecule has 0 bridgehead atoms. The Morgan fingerprint density at radius 1 is 0.266 bits per heavy atom. The fourth-order valence-corrected chi connectivity index (χ4v) is 9.24. The molecular weight excluding hydrogens is 973 g/mol. The molecule has 0 spiro atoms. The molecule has 0 aliphatic rings. The van der Waals surface area contributed by atoms with Crippen molar-refractivity contribution < 1.29 is 28.6 Å². The first kappa shape index (κ1) is 75.1. The van der Waals surface area contributed by atoms with E-state index in [0.29, 0.717) is 19.3 Å². The topological polar surface area (TPSA) is 78.9 Å². The van der Waals surface area contributed by atoms with Crippen LogP contribution >= 0.6 is 0 Å². The van der Waals surface area contributed by atoms with E-state index >= 15 is 0 Å². The third-order valence-electron chi connectivity index (χ3n) is 14.2. The number of allylic oxidation sites excluding steroid dienone is 18. The third kappa shape index (κ3) is 64.8. The molecule has 0 fully saturated rings. The third-order valence-corrected chi connectivity index (χ3v) is 14.2.